The third kappa shape index (κ3) is 23.3. The predicted molar refractivity (Wildman–Crippen MR) is 563 cm³/mol. The maximum Gasteiger partial charge on any atom is 0.211 e. The molecule has 5 aromatic heterocycles. The van der Waals surface area contributed by atoms with Gasteiger partial charge in [0.05, 0.1) is 170 Å². The van der Waals surface area contributed by atoms with E-state index in [1.165, 1.54) is 135 Å². The number of nitrogens with one attached hydrogen (secondary N) is 5. The number of carbonyl (C=O) groups excluding carboxylic acids is 5. The fraction of sp³-hybridized carbons (Fsp3) is 0.225. The third-order valence-electron chi connectivity index (χ3n) is 22.7. The molecule has 38 nitrogen and oxygen atoms in total. The van der Waals surface area contributed by atoms with Gasteiger partial charge in [-0.05, 0) is 160 Å². The second-order valence-corrected chi connectivity index (χ2v) is 31.1. The topological polar surface area (TPSA) is 474 Å². The summed E-state index contributed by atoms with van der Waals surface area (Å²) in [6, 6.07) is 39.8. The summed E-state index contributed by atoms with van der Waals surface area (Å²) in [7, 11) is 30.0. The average Bonchev–Trinajstić information content (AvgIpc) is 1.63. The quantitative estimate of drug-likeness (QED) is 0.0153. The molecule has 39 heteroatoms. The molecule has 0 radical (unpaired) electrons. The van der Waals surface area contributed by atoms with Crippen LogP contribution < -0.4 is 94.7 Å². The fourth-order valence-electron chi connectivity index (χ4n) is 15.6. The molecule has 774 valence electrons. The molecule has 0 spiro atoms. The van der Waals surface area contributed by atoms with Gasteiger partial charge in [-0.1, -0.05) is 53.4 Å². The van der Waals surface area contributed by atoms with Crippen LogP contribution in [0.2, 0.25) is 0 Å². The first kappa shape index (κ1) is 111. The molecule has 11 aromatic carbocycles. The van der Waals surface area contributed by atoms with Gasteiger partial charge in [-0.3, -0.25) is 49.5 Å². The lowest BCUT2D eigenvalue weighted by molar-refractivity contribution is 0.102. The average molecular weight is 2060 g/mol. The van der Waals surface area contributed by atoms with Gasteiger partial charge in [-0.2, -0.15) is 39.0 Å². The standard InChI is InChI=1S/C26H22N2O6.2C22H22N2O6.C21H20N2O5.C20H18N2O5.H2S/c1-31-20-11-10-19-23(18(20)9-8-15-6-5-7-17(29)12-15)27-28-24(19)25(30)16-13-21(32-2)26(34-4)22(14-16)33-3;2*1-12(25)6-7-14-16(27-2)9-8-15-19(14)23-24-20(15)21(26)13-10-17(28-3)22(30-5)18(11-13)29-4;1-6-7-13-15(25-2)9-8-14-18(13)22-23-19(14)20(24)12-10-16(26-3)21(28-5)17(11-12)27-4;1-6-12-14(24-2)8-7-13-17(12)21-22-18(13)19(23)11-9-15(25-3)20(27-5)16(10-11)26-4;/h5-7,10-14,29H,1-4H3,(H,27,28);2*8-12,25H,1-5H3,(H,23,24);8-11H,1-5H3,(H,22,23);1,7-10H,2-5H3,(H,21,22);1H2/t;2*12-;;;/m.10.../s1. The highest BCUT2D eigenvalue weighted by Crippen LogP contribution is 2.46. The highest BCUT2D eigenvalue weighted by Gasteiger charge is 2.31. The second-order valence-electron chi connectivity index (χ2n) is 31.1. The molecule has 16 rings (SSSR count). The number of rotatable bonds is 30. The first-order chi connectivity index (χ1) is 72.1. The number of H-pyrrole nitrogens is 5. The van der Waals surface area contributed by atoms with E-state index in [1.54, 1.807) is 173 Å². The van der Waals surface area contributed by atoms with Crippen LogP contribution in [0.4, 0.5) is 0 Å². The number of aromatic amines is 5. The Morgan fingerprint density at radius 3 is 0.673 bits per heavy atom. The Morgan fingerprint density at radius 2 is 0.480 bits per heavy atom. The van der Waals surface area contributed by atoms with Gasteiger partial charge in [0.1, 0.15) is 103 Å². The number of nitrogens with zero attached hydrogens (tertiary/aromatic N) is 5. The highest BCUT2D eigenvalue weighted by molar-refractivity contribution is 7.59. The van der Waals surface area contributed by atoms with Crippen molar-refractivity contribution in [1.82, 2.24) is 51.0 Å². The molecule has 0 fully saturated rings. The lowest BCUT2D eigenvalue weighted by Gasteiger charge is -2.13. The SMILES string of the molecule is C#Cc1c(OC)ccc2c(C(=O)c3cc(OC)c(OC)c(OC)c3)[nH]nc12.CC#Cc1c(OC)ccc2c(C(=O)c3cc(OC)c(OC)c(OC)c3)[nH]nc12.COc1cc(C(=O)c2[nH]nc3c(C#C[C@@H](C)O)c(OC)ccc23)cc(OC)c1OC.COc1cc(C(=O)c2[nH]nc3c(C#C[C@H](C)O)c(OC)ccc23)cc(OC)c1OC.COc1cc(C(=O)c2[nH]nc3c(C#Cc4cccc(O)c4)c(OC)ccc23)cc(OC)c1OC.S. The van der Waals surface area contributed by atoms with E-state index in [2.05, 4.69) is 104 Å². The summed E-state index contributed by atoms with van der Waals surface area (Å²) in [5, 5.41) is 67.1. The number of aliphatic hydroxyl groups is 2. The molecule has 0 aliphatic rings. The first-order valence-corrected chi connectivity index (χ1v) is 44.7. The van der Waals surface area contributed by atoms with Crippen LogP contribution in [0.3, 0.4) is 0 Å². The van der Waals surface area contributed by atoms with Crippen molar-refractivity contribution < 1.29 is 134 Å². The minimum Gasteiger partial charge on any atom is -0.508 e. The van der Waals surface area contributed by atoms with Gasteiger partial charge >= 0.3 is 0 Å². The van der Waals surface area contributed by atoms with Crippen LogP contribution in [0.25, 0.3) is 54.5 Å². The van der Waals surface area contributed by atoms with Crippen molar-refractivity contribution in [2.45, 2.75) is 33.0 Å². The maximum absolute atomic E-state index is 13.4. The van der Waals surface area contributed by atoms with Crippen molar-refractivity contribution in [2.24, 2.45) is 0 Å². The second kappa shape index (κ2) is 51.0. The van der Waals surface area contributed by atoms with Crippen LogP contribution in [0.1, 0.15) is 134 Å². The van der Waals surface area contributed by atoms with Gasteiger partial charge in [0, 0.05) is 60.3 Å². The molecule has 2 atom stereocenters. The van der Waals surface area contributed by atoms with Crippen LogP contribution >= 0.6 is 13.5 Å². The number of hydrogen-bond acceptors (Lipinski definition) is 33. The number of phenolic OH excluding ortho intramolecular Hbond substituents is 1. The number of hydrogen-bond donors (Lipinski definition) is 8. The Balaban J connectivity index is 0.000000178. The van der Waals surface area contributed by atoms with Crippen LogP contribution in [0.15, 0.2) is 146 Å². The number of aliphatic hydroxyl groups excluding tert-OH is 2. The van der Waals surface area contributed by atoms with Crippen LogP contribution in [-0.4, -0.2) is 250 Å². The number of carbonyl (C=O) groups is 5. The molecule has 0 aliphatic heterocycles. The summed E-state index contributed by atoms with van der Waals surface area (Å²) in [6.07, 6.45) is 3.95. The summed E-state index contributed by atoms with van der Waals surface area (Å²) in [5.41, 5.74) is 8.94. The molecule has 16 aromatic rings. The number of aromatic nitrogens is 10. The van der Waals surface area contributed by atoms with Crippen molar-refractivity contribution in [1.29, 1.82) is 0 Å². The Morgan fingerprint density at radius 1 is 0.273 bits per heavy atom. The number of ether oxygens (including phenoxy) is 20. The summed E-state index contributed by atoms with van der Waals surface area (Å²) < 4.78 is 107. The van der Waals surface area contributed by atoms with Gasteiger partial charge in [-0.15, -0.1) is 12.3 Å². The summed E-state index contributed by atoms with van der Waals surface area (Å²) in [6.45, 7) is 4.85. The monoisotopic (exact) mass is 2060 g/mol. The molecule has 0 unspecified atom stereocenters. The van der Waals surface area contributed by atoms with Gasteiger partial charge < -0.3 is 110 Å². The lowest BCUT2D eigenvalue weighted by atomic mass is 10.0. The van der Waals surface area contributed by atoms with Gasteiger partial charge in [0.15, 0.2) is 57.5 Å². The molecule has 0 aliphatic carbocycles. The fourth-order valence-corrected chi connectivity index (χ4v) is 15.6. The zero-order valence-corrected chi connectivity index (χ0v) is 86.9. The smallest absolute Gasteiger partial charge is 0.211 e. The van der Waals surface area contributed by atoms with E-state index >= 15 is 0 Å². The van der Waals surface area contributed by atoms with Crippen LogP contribution in [0.5, 0.6) is 121 Å². The number of fused-ring (bicyclic) bond motifs is 5. The molecule has 5 heterocycles. The highest BCUT2D eigenvalue weighted by atomic mass is 32.1. The number of phenols is 1. The predicted octanol–water partition coefficient (Wildman–Crippen LogP) is 15.2. The summed E-state index contributed by atoms with van der Waals surface area (Å²) in [5.74, 6) is 32.6. The molecular formula is C111H106N10O28S. The minimum absolute atomic E-state index is 0. The molecule has 8 N–H and O–H groups in total. The minimum atomic E-state index is -0.816. The molecular weight excluding hydrogens is 1950 g/mol. The van der Waals surface area contributed by atoms with E-state index in [9.17, 15) is 39.3 Å². The van der Waals surface area contributed by atoms with Crippen molar-refractivity contribution in [3.05, 3.63) is 235 Å². The first-order valence-electron chi connectivity index (χ1n) is 44.7. The third-order valence-corrected chi connectivity index (χ3v) is 22.7. The summed E-state index contributed by atoms with van der Waals surface area (Å²) >= 11 is 0. The van der Waals surface area contributed by atoms with E-state index in [1.807, 2.05) is 0 Å². The van der Waals surface area contributed by atoms with E-state index in [4.69, 9.17) is 101 Å². The number of benzene rings is 11. The lowest BCUT2D eigenvalue weighted by Crippen LogP contribution is -2.05. The summed E-state index contributed by atoms with van der Waals surface area (Å²) in [4.78, 5) is 66.2. The normalized spacial score (nSPS) is 10.7. The molecule has 0 saturated carbocycles. The maximum atomic E-state index is 13.4. The number of terminal acetylenes is 1. The Labute approximate surface area is 868 Å². The van der Waals surface area contributed by atoms with Crippen molar-refractivity contribution >= 4 is 96.9 Å². The largest absolute Gasteiger partial charge is 0.508 e. The number of methoxy groups -OCH3 is 20. The van der Waals surface area contributed by atoms with Crippen molar-refractivity contribution in [2.75, 3.05) is 142 Å². The van der Waals surface area contributed by atoms with E-state index in [0.29, 0.717) is 242 Å². The molecule has 0 bridgehead atoms. The molecule has 150 heavy (non-hydrogen) atoms. The Kier molecular flexibility index (Phi) is 37.8. The van der Waals surface area contributed by atoms with Crippen molar-refractivity contribution in [3.63, 3.8) is 0 Å². The molecule has 0 amide bonds. The number of ketones is 5. The molecule has 0 saturated heterocycles. The Hall–Kier alpha value is -19.0. The number of aromatic hydroxyl groups is 1. The van der Waals surface area contributed by atoms with Crippen molar-refractivity contribution in [3.8, 4) is 180 Å². The van der Waals surface area contributed by atoms with E-state index in [0.717, 1.165) is 0 Å². The Bertz CT molecular complexity index is 7790. The van der Waals surface area contributed by atoms with Crippen LogP contribution in [-0.2, 0) is 0 Å². The van der Waals surface area contributed by atoms with Gasteiger partial charge in [0.25, 0.3) is 0 Å². The van der Waals surface area contributed by atoms with Gasteiger partial charge in [0.2, 0.25) is 57.7 Å². The van der Waals surface area contributed by atoms with E-state index < -0.39 is 12.2 Å². The zero-order chi connectivity index (χ0) is 108. The zero-order valence-electron chi connectivity index (χ0n) is 85.9. The van der Waals surface area contributed by atoms with Gasteiger partial charge in [-0.25, -0.2) is 0 Å². The van der Waals surface area contributed by atoms with Crippen LogP contribution in [0, 0.1) is 59.7 Å². The van der Waals surface area contributed by atoms with E-state index in [-0.39, 0.29) is 65.2 Å².